The number of amides is 1. The van der Waals surface area contributed by atoms with E-state index < -0.39 is 17.3 Å². The fourth-order valence-corrected chi connectivity index (χ4v) is 2.79. The van der Waals surface area contributed by atoms with Crippen molar-refractivity contribution in [3.8, 4) is 0 Å². The summed E-state index contributed by atoms with van der Waals surface area (Å²) in [6.07, 6.45) is -2.12. The van der Waals surface area contributed by atoms with Gasteiger partial charge in [0, 0.05) is 13.1 Å². The highest BCUT2D eigenvalue weighted by Crippen LogP contribution is 2.29. The normalized spacial score (nSPS) is 18.8. The smallest absolute Gasteiger partial charge is 0.416 e. The summed E-state index contributed by atoms with van der Waals surface area (Å²) in [6, 6.07) is 5.31. The molecule has 134 valence electrons. The number of hydrogen-bond donors (Lipinski definition) is 0. The average molecular weight is 343 g/mol. The third-order valence-electron chi connectivity index (χ3n) is 4.06. The average Bonchev–Trinajstić information content (AvgIpc) is 2.92. The van der Waals surface area contributed by atoms with Gasteiger partial charge in [-0.1, -0.05) is 12.1 Å². The highest BCUT2D eigenvalue weighted by Gasteiger charge is 2.31. The maximum atomic E-state index is 12.5. The molecule has 0 spiro atoms. The van der Waals surface area contributed by atoms with Crippen LogP contribution >= 0.6 is 0 Å². The van der Waals surface area contributed by atoms with Crippen LogP contribution in [-0.2, 0) is 17.3 Å². The molecule has 1 fully saturated rings. The highest BCUT2D eigenvalue weighted by atomic mass is 19.4. The lowest BCUT2D eigenvalue weighted by atomic mass is 9.98. The Labute approximate surface area is 140 Å². The van der Waals surface area contributed by atoms with E-state index in [1.165, 1.54) is 12.1 Å². The van der Waals surface area contributed by atoms with E-state index in [2.05, 4.69) is 0 Å². The van der Waals surface area contributed by atoms with Crippen LogP contribution < -0.4 is 0 Å². The topological polar surface area (TPSA) is 29.5 Å². The van der Waals surface area contributed by atoms with Gasteiger partial charge in [-0.3, -0.25) is 0 Å². The van der Waals surface area contributed by atoms with Gasteiger partial charge in [-0.05, 0) is 63.6 Å². The Hall–Kier alpha value is -1.72. The molecule has 0 saturated carbocycles. The Kier molecular flexibility index (Phi) is 5.45. The molecule has 1 aromatic rings. The standard InChI is InChI=1S/C18H24F3NO2/c1-17(2,3)24-16(23)22-11-10-14(12-22)5-4-13-6-8-15(9-7-13)18(19,20)21/h6-9,14H,4-5,10-12H2,1-3H3. The van der Waals surface area contributed by atoms with E-state index in [1.807, 2.05) is 20.8 Å². The maximum Gasteiger partial charge on any atom is 0.416 e. The van der Waals surface area contributed by atoms with Crippen molar-refractivity contribution in [2.24, 2.45) is 5.92 Å². The number of likely N-dealkylation sites (tertiary alicyclic amines) is 1. The second kappa shape index (κ2) is 7.03. The van der Waals surface area contributed by atoms with Gasteiger partial charge in [0.2, 0.25) is 0 Å². The predicted molar refractivity (Wildman–Crippen MR) is 85.7 cm³/mol. The molecular weight excluding hydrogens is 319 g/mol. The first kappa shape index (κ1) is 18.6. The van der Waals surface area contributed by atoms with Crippen LogP contribution in [0.25, 0.3) is 0 Å². The van der Waals surface area contributed by atoms with E-state index in [4.69, 9.17) is 4.74 Å². The molecule has 0 bridgehead atoms. The van der Waals surface area contributed by atoms with Crippen LogP contribution in [0, 0.1) is 5.92 Å². The molecule has 0 radical (unpaired) electrons. The van der Waals surface area contributed by atoms with Crippen LogP contribution in [0.4, 0.5) is 18.0 Å². The van der Waals surface area contributed by atoms with E-state index in [9.17, 15) is 18.0 Å². The summed E-state index contributed by atoms with van der Waals surface area (Å²) >= 11 is 0. The summed E-state index contributed by atoms with van der Waals surface area (Å²) in [6.45, 7) is 6.83. The molecule has 2 rings (SSSR count). The third-order valence-corrected chi connectivity index (χ3v) is 4.06. The van der Waals surface area contributed by atoms with E-state index in [0.29, 0.717) is 25.4 Å². The Morgan fingerprint density at radius 1 is 1.21 bits per heavy atom. The van der Waals surface area contributed by atoms with Crippen molar-refractivity contribution < 1.29 is 22.7 Å². The number of rotatable bonds is 3. The van der Waals surface area contributed by atoms with E-state index in [1.54, 1.807) is 4.90 Å². The lowest BCUT2D eigenvalue weighted by Crippen LogP contribution is -2.35. The largest absolute Gasteiger partial charge is 0.444 e. The van der Waals surface area contributed by atoms with Crippen LogP contribution in [0.5, 0.6) is 0 Å². The van der Waals surface area contributed by atoms with Crippen LogP contribution in [0.1, 0.15) is 44.7 Å². The zero-order chi connectivity index (χ0) is 18.0. The number of carbonyl (C=O) groups is 1. The number of nitrogens with zero attached hydrogens (tertiary/aromatic N) is 1. The first-order valence-electron chi connectivity index (χ1n) is 8.19. The molecule has 1 aliphatic rings. The monoisotopic (exact) mass is 343 g/mol. The molecule has 0 aliphatic carbocycles. The van der Waals surface area contributed by atoms with Crippen molar-refractivity contribution in [2.75, 3.05) is 13.1 Å². The Bertz CT molecular complexity index is 561. The molecule has 3 nitrogen and oxygen atoms in total. The van der Waals surface area contributed by atoms with Crippen LogP contribution in [-0.4, -0.2) is 29.7 Å². The van der Waals surface area contributed by atoms with Gasteiger partial charge in [0.05, 0.1) is 5.56 Å². The number of benzene rings is 1. The number of aryl methyl sites for hydroxylation is 1. The van der Waals surface area contributed by atoms with Crippen molar-refractivity contribution in [2.45, 2.75) is 51.8 Å². The van der Waals surface area contributed by atoms with Gasteiger partial charge in [0.15, 0.2) is 0 Å². The number of ether oxygens (including phenoxy) is 1. The fourth-order valence-electron chi connectivity index (χ4n) is 2.79. The first-order valence-corrected chi connectivity index (χ1v) is 8.19. The third kappa shape index (κ3) is 5.42. The zero-order valence-corrected chi connectivity index (χ0v) is 14.3. The van der Waals surface area contributed by atoms with Crippen molar-refractivity contribution in [3.05, 3.63) is 35.4 Å². The SMILES string of the molecule is CC(C)(C)OC(=O)N1CCC(CCc2ccc(C(F)(F)F)cc2)C1. The van der Waals surface area contributed by atoms with Crippen molar-refractivity contribution in [3.63, 3.8) is 0 Å². The van der Waals surface area contributed by atoms with Gasteiger partial charge in [0.1, 0.15) is 5.60 Å². The molecule has 1 aliphatic heterocycles. The Balaban J connectivity index is 1.81. The summed E-state index contributed by atoms with van der Waals surface area (Å²) in [5, 5.41) is 0. The Morgan fingerprint density at radius 3 is 2.38 bits per heavy atom. The number of halogens is 3. The van der Waals surface area contributed by atoms with Gasteiger partial charge < -0.3 is 9.64 Å². The molecule has 1 heterocycles. The van der Waals surface area contributed by atoms with Gasteiger partial charge in [-0.2, -0.15) is 13.2 Å². The molecule has 6 heteroatoms. The molecule has 1 aromatic carbocycles. The maximum absolute atomic E-state index is 12.5. The second-order valence-electron chi connectivity index (χ2n) is 7.31. The minimum absolute atomic E-state index is 0.292. The van der Waals surface area contributed by atoms with E-state index in [0.717, 1.165) is 30.5 Å². The van der Waals surface area contributed by atoms with Crippen LogP contribution in [0.3, 0.4) is 0 Å². The number of hydrogen-bond acceptors (Lipinski definition) is 2. The van der Waals surface area contributed by atoms with Gasteiger partial charge in [-0.15, -0.1) is 0 Å². The molecule has 1 atom stereocenters. The van der Waals surface area contributed by atoms with Gasteiger partial charge in [-0.25, -0.2) is 4.79 Å². The molecule has 0 aromatic heterocycles. The lowest BCUT2D eigenvalue weighted by molar-refractivity contribution is -0.137. The molecule has 24 heavy (non-hydrogen) atoms. The fraction of sp³-hybridized carbons (Fsp3) is 0.611. The predicted octanol–water partition coefficient (Wildman–Crippen LogP) is 4.90. The molecular formula is C18H24F3NO2. The Morgan fingerprint density at radius 2 is 1.83 bits per heavy atom. The first-order chi connectivity index (χ1) is 11.0. The quantitative estimate of drug-likeness (QED) is 0.782. The number of alkyl halides is 3. The van der Waals surface area contributed by atoms with E-state index >= 15 is 0 Å². The second-order valence-corrected chi connectivity index (χ2v) is 7.31. The van der Waals surface area contributed by atoms with E-state index in [-0.39, 0.29) is 6.09 Å². The van der Waals surface area contributed by atoms with Crippen molar-refractivity contribution in [1.29, 1.82) is 0 Å². The van der Waals surface area contributed by atoms with Crippen LogP contribution in [0.2, 0.25) is 0 Å². The summed E-state index contributed by atoms with van der Waals surface area (Å²) in [7, 11) is 0. The highest BCUT2D eigenvalue weighted by molar-refractivity contribution is 5.68. The lowest BCUT2D eigenvalue weighted by Gasteiger charge is -2.24. The van der Waals surface area contributed by atoms with Crippen molar-refractivity contribution in [1.82, 2.24) is 4.90 Å². The van der Waals surface area contributed by atoms with Gasteiger partial charge in [0.25, 0.3) is 0 Å². The molecule has 1 amide bonds. The summed E-state index contributed by atoms with van der Waals surface area (Å²) in [4.78, 5) is 13.7. The minimum Gasteiger partial charge on any atom is -0.444 e. The zero-order valence-electron chi connectivity index (χ0n) is 14.3. The molecule has 1 saturated heterocycles. The van der Waals surface area contributed by atoms with Gasteiger partial charge >= 0.3 is 12.3 Å². The molecule has 0 N–H and O–H groups in total. The summed E-state index contributed by atoms with van der Waals surface area (Å²) < 4.78 is 43.0. The molecule has 1 unspecified atom stereocenters. The summed E-state index contributed by atoms with van der Waals surface area (Å²) in [5.74, 6) is 0.361. The minimum atomic E-state index is -4.29. The van der Waals surface area contributed by atoms with Crippen molar-refractivity contribution >= 4 is 6.09 Å². The number of carbonyl (C=O) groups excluding carboxylic acids is 1. The van der Waals surface area contributed by atoms with Crippen LogP contribution in [0.15, 0.2) is 24.3 Å². The summed E-state index contributed by atoms with van der Waals surface area (Å²) in [5.41, 5.74) is -0.239.